The first-order valence-corrected chi connectivity index (χ1v) is 7.19. The number of aliphatic carboxylic acids is 1. The molecule has 1 N–H and O–H groups in total. The van der Waals surface area contributed by atoms with Gasteiger partial charge < -0.3 is 5.11 Å². The lowest BCUT2D eigenvalue weighted by Gasteiger charge is -2.27. The Balaban J connectivity index is 2.64. The van der Waals surface area contributed by atoms with Gasteiger partial charge in [0.05, 0.1) is 5.02 Å². The fourth-order valence-corrected chi connectivity index (χ4v) is 2.75. The van der Waals surface area contributed by atoms with Crippen LogP contribution in [0.3, 0.4) is 0 Å². The molecule has 1 heterocycles. The maximum atomic E-state index is 11.7. The van der Waals surface area contributed by atoms with Gasteiger partial charge in [0.25, 0.3) is 0 Å². The van der Waals surface area contributed by atoms with Crippen molar-refractivity contribution in [1.82, 2.24) is 20.2 Å². The van der Waals surface area contributed by atoms with Crippen molar-refractivity contribution < 1.29 is 9.90 Å². The topological polar surface area (TPSA) is 80.9 Å². The number of benzene rings is 1. The Bertz CT molecular complexity index is 668. The summed E-state index contributed by atoms with van der Waals surface area (Å²) in [4.78, 5) is 11.7. The van der Waals surface area contributed by atoms with Gasteiger partial charge in [0.2, 0.25) is 0 Å². The van der Waals surface area contributed by atoms with E-state index >= 15 is 0 Å². The van der Waals surface area contributed by atoms with Crippen LogP contribution < -0.4 is 0 Å². The quantitative estimate of drug-likeness (QED) is 0.911. The Morgan fingerprint density at radius 1 is 1.33 bits per heavy atom. The predicted molar refractivity (Wildman–Crippen MR) is 79.5 cm³/mol. The predicted octanol–water partition coefficient (Wildman–Crippen LogP) is 3.25. The van der Waals surface area contributed by atoms with E-state index in [1.165, 1.54) is 4.68 Å². The number of halogens is 2. The molecule has 0 aliphatic heterocycles. The van der Waals surface area contributed by atoms with Gasteiger partial charge in [0.15, 0.2) is 11.4 Å². The summed E-state index contributed by atoms with van der Waals surface area (Å²) in [7, 11) is 0. The number of hydrogen-bond donors (Lipinski definition) is 1. The van der Waals surface area contributed by atoms with E-state index in [-0.39, 0.29) is 0 Å². The maximum Gasteiger partial charge on any atom is 0.331 e. The van der Waals surface area contributed by atoms with Gasteiger partial charge in [-0.25, -0.2) is 9.48 Å². The molecule has 2 aromatic rings. The van der Waals surface area contributed by atoms with E-state index in [1.807, 2.05) is 0 Å². The molecule has 0 amide bonds. The summed E-state index contributed by atoms with van der Waals surface area (Å²) >= 11 is 12.0. The molecule has 0 aliphatic rings. The standard InChI is InChI=1S/C13H14Cl2N4O2/c1-3-13(4-2,12(20)21)19-11(16-17-18-19)9-6-5-8(14)7-10(9)15/h5-7H,3-4H2,1-2H3,(H,20,21). The lowest BCUT2D eigenvalue weighted by molar-refractivity contribution is -0.148. The molecule has 0 unspecified atom stereocenters. The second-order valence-electron chi connectivity index (χ2n) is 4.58. The molecule has 0 saturated heterocycles. The zero-order valence-corrected chi connectivity index (χ0v) is 13.1. The van der Waals surface area contributed by atoms with Crippen LogP contribution in [0.1, 0.15) is 26.7 Å². The highest BCUT2D eigenvalue weighted by atomic mass is 35.5. The summed E-state index contributed by atoms with van der Waals surface area (Å²) in [5.74, 6) is -0.672. The Morgan fingerprint density at radius 3 is 2.52 bits per heavy atom. The minimum atomic E-state index is -1.21. The molecule has 112 valence electrons. The molecular formula is C13H14Cl2N4O2. The zero-order chi connectivity index (χ0) is 15.6. The van der Waals surface area contributed by atoms with Gasteiger partial charge in [0.1, 0.15) is 0 Å². The van der Waals surface area contributed by atoms with Gasteiger partial charge in [-0.1, -0.05) is 37.0 Å². The maximum absolute atomic E-state index is 11.7. The van der Waals surface area contributed by atoms with Crippen LogP contribution in [-0.2, 0) is 10.3 Å². The molecule has 0 atom stereocenters. The summed E-state index contributed by atoms with van der Waals surface area (Å²) in [6, 6.07) is 4.89. The van der Waals surface area contributed by atoms with E-state index < -0.39 is 11.5 Å². The molecule has 1 aromatic heterocycles. The van der Waals surface area contributed by atoms with E-state index in [4.69, 9.17) is 23.2 Å². The second-order valence-corrected chi connectivity index (χ2v) is 5.43. The average Bonchev–Trinajstić information content (AvgIpc) is 2.90. The van der Waals surface area contributed by atoms with Gasteiger partial charge in [-0.3, -0.25) is 0 Å². The number of carboxylic acid groups (broad SMARTS) is 1. The van der Waals surface area contributed by atoms with Crippen LogP contribution in [0.15, 0.2) is 18.2 Å². The van der Waals surface area contributed by atoms with Crippen LogP contribution in [0.5, 0.6) is 0 Å². The van der Waals surface area contributed by atoms with Gasteiger partial charge >= 0.3 is 5.97 Å². The third kappa shape index (κ3) is 2.61. The third-order valence-electron chi connectivity index (χ3n) is 3.61. The van der Waals surface area contributed by atoms with Gasteiger partial charge in [-0.15, -0.1) is 5.10 Å². The number of rotatable bonds is 5. The normalized spacial score (nSPS) is 11.6. The Hall–Kier alpha value is -1.66. The molecule has 8 heteroatoms. The van der Waals surface area contributed by atoms with Gasteiger partial charge in [-0.2, -0.15) is 0 Å². The van der Waals surface area contributed by atoms with Crippen molar-refractivity contribution in [3.63, 3.8) is 0 Å². The lowest BCUT2D eigenvalue weighted by atomic mass is 9.92. The van der Waals surface area contributed by atoms with Crippen LogP contribution in [-0.4, -0.2) is 31.3 Å². The van der Waals surface area contributed by atoms with Crippen LogP contribution in [0.2, 0.25) is 10.0 Å². The van der Waals surface area contributed by atoms with Crippen molar-refractivity contribution in [2.24, 2.45) is 0 Å². The molecule has 2 rings (SSSR count). The SMILES string of the molecule is CCC(CC)(C(=O)O)n1nnnc1-c1ccc(Cl)cc1Cl. The highest BCUT2D eigenvalue weighted by Crippen LogP contribution is 2.33. The minimum absolute atomic E-state index is 0.308. The fourth-order valence-electron chi connectivity index (χ4n) is 2.26. The summed E-state index contributed by atoms with van der Waals surface area (Å²) in [6.07, 6.45) is 0.699. The second kappa shape index (κ2) is 5.99. The van der Waals surface area contributed by atoms with Crippen molar-refractivity contribution in [3.8, 4) is 11.4 Å². The molecule has 0 fully saturated rings. The Kier molecular flexibility index (Phi) is 4.49. The molecule has 0 saturated carbocycles. The van der Waals surface area contributed by atoms with Crippen LogP contribution in [0, 0.1) is 0 Å². The highest BCUT2D eigenvalue weighted by molar-refractivity contribution is 6.36. The molecule has 0 spiro atoms. The number of carboxylic acids is 1. The summed E-state index contributed by atoms with van der Waals surface area (Å²) in [5, 5.41) is 21.9. The largest absolute Gasteiger partial charge is 0.479 e. The number of tetrazole rings is 1. The molecule has 0 radical (unpaired) electrons. The van der Waals surface area contributed by atoms with E-state index in [0.29, 0.717) is 34.3 Å². The first-order chi connectivity index (χ1) is 9.96. The van der Waals surface area contributed by atoms with Crippen molar-refractivity contribution in [2.75, 3.05) is 0 Å². The molecule has 6 nitrogen and oxygen atoms in total. The number of nitrogens with zero attached hydrogens (tertiary/aromatic N) is 4. The van der Waals surface area contributed by atoms with E-state index in [2.05, 4.69) is 15.5 Å². The molecule has 21 heavy (non-hydrogen) atoms. The molecule has 0 bridgehead atoms. The van der Waals surface area contributed by atoms with E-state index in [1.54, 1.807) is 32.0 Å². The van der Waals surface area contributed by atoms with Crippen molar-refractivity contribution in [3.05, 3.63) is 28.2 Å². The first-order valence-electron chi connectivity index (χ1n) is 6.44. The zero-order valence-electron chi connectivity index (χ0n) is 11.5. The molecule has 0 aliphatic carbocycles. The smallest absolute Gasteiger partial charge is 0.331 e. The number of aromatic nitrogens is 4. The monoisotopic (exact) mass is 328 g/mol. The van der Waals surface area contributed by atoms with Gasteiger partial charge in [-0.05, 0) is 41.5 Å². The lowest BCUT2D eigenvalue weighted by Crippen LogP contribution is -2.42. The van der Waals surface area contributed by atoms with Crippen molar-refractivity contribution >= 4 is 29.2 Å². The Morgan fingerprint density at radius 2 is 2.00 bits per heavy atom. The fraction of sp³-hybridized carbons (Fsp3) is 0.385. The number of hydrogen-bond acceptors (Lipinski definition) is 4. The van der Waals surface area contributed by atoms with Crippen LogP contribution in [0.4, 0.5) is 0 Å². The van der Waals surface area contributed by atoms with Crippen LogP contribution >= 0.6 is 23.2 Å². The van der Waals surface area contributed by atoms with Crippen molar-refractivity contribution in [1.29, 1.82) is 0 Å². The summed E-state index contributed by atoms with van der Waals surface area (Å²) in [6.45, 7) is 3.57. The summed E-state index contributed by atoms with van der Waals surface area (Å²) < 4.78 is 1.32. The van der Waals surface area contributed by atoms with Crippen LogP contribution in [0.25, 0.3) is 11.4 Å². The van der Waals surface area contributed by atoms with E-state index in [0.717, 1.165) is 0 Å². The summed E-state index contributed by atoms with van der Waals surface area (Å²) in [5.41, 5.74) is -0.666. The highest BCUT2D eigenvalue weighted by Gasteiger charge is 2.40. The van der Waals surface area contributed by atoms with E-state index in [9.17, 15) is 9.90 Å². The molecular weight excluding hydrogens is 315 g/mol. The Labute approximate surface area is 131 Å². The third-order valence-corrected chi connectivity index (χ3v) is 4.16. The minimum Gasteiger partial charge on any atom is -0.479 e. The average molecular weight is 329 g/mol. The van der Waals surface area contributed by atoms with Gasteiger partial charge in [0, 0.05) is 10.6 Å². The number of carbonyl (C=O) groups is 1. The van der Waals surface area contributed by atoms with Crippen molar-refractivity contribution in [2.45, 2.75) is 32.2 Å². The molecule has 1 aromatic carbocycles. The first kappa shape index (κ1) is 15.7.